The van der Waals surface area contributed by atoms with Crippen LogP contribution in [0.2, 0.25) is 10.0 Å². The highest BCUT2D eigenvalue weighted by molar-refractivity contribution is 6.43. The lowest BCUT2D eigenvalue weighted by molar-refractivity contribution is -0.116. The van der Waals surface area contributed by atoms with Crippen molar-refractivity contribution >= 4 is 46.0 Å². The van der Waals surface area contributed by atoms with Gasteiger partial charge in [0, 0.05) is 17.7 Å². The fraction of sp³-hybridized carbons (Fsp3) is 0.261. The molecule has 0 atom stereocenters. The Labute approximate surface area is 189 Å². The van der Waals surface area contributed by atoms with E-state index in [1.165, 1.54) is 12.8 Å². The van der Waals surface area contributed by atoms with Crippen LogP contribution in [0.3, 0.4) is 0 Å². The second-order valence-electron chi connectivity index (χ2n) is 7.96. The Bertz CT molecular complexity index is 1290. The first kappa shape index (κ1) is 20.1. The van der Waals surface area contributed by atoms with Crippen LogP contribution in [-0.4, -0.2) is 25.2 Å². The van der Waals surface area contributed by atoms with E-state index in [1.54, 1.807) is 12.3 Å². The lowest BCUT2D eigenvalue weighted by atomic mass is 10.2. The van der Waals surface area contributed by atoms with E-state index in [4.69, 9.17) is 28.2 Å². The highest BCUT2D eigenvalue weighted by atomic mass is 35.5. The third-order valence-corrected chi connectivity index (χ3v) is 6.38. The van der Waals surface area contributed by atoms with E-state index in [0.717, 1.165) is 29.0 Å². The van der Waals surface area contributed by atoms with Gasteiger partial charge in [0.2, 0.25) is 5.91 Å². The number of carbonyl (C=O) groups excluding carboxylic acids is 1. The summed E-state index contributed by atoms with van der Waals surface area (Å²) in [5.41, 5.74) is 3.28. The topological polar surface area (TPSA) is 64.7 Å². The lowest BCUT2D eigenvalue weighted by Gasteiger charge is -2.13. The number of rotatable bonds is 6. The maximum absolute atomic E-state index is 13.1. The van der Waals surface area contributed by atoms with Crippen LogP contribution in [0.4, 0.5) is 5.82 Å². The number of hydrogen-bond donors (Lipinski definition) is 1. The maximum atomic E-state index is 13.1. The maximum Gasteiger partial charge on any atom is 0.245 e. The number of carbonyl (C=O) groups is 1. The van der Waals surface area contributed by atoms with Crippen LogP contribution >= 0.6 is 23.2 Å². The Morgan fingerprint density at radius 3 is 2.77 bits per heavy atom. The number of amides is 1. The Hall–Kier alpha value is -2.83. The van der Waals surface area contributed by atoms with Gasteiger partial charge in [0.25, 0.3) is 0 Å². The molecule has 0 bridgehead atoms. The zero-order valence-corrected chi connectivity index (χ0v) is 18.5. The van der Waals surface area contributed by atoms with E-state index in [9.17, 15) is 4.79 Å². The predicted octanol–water partition coefficient (Wildman–Crippen LogP) is 5.56. The summed E-state index contributed by atoms with van der Waals surface area (Å²) < 4.78 is 3.77. The molecule has 5 rings (SSSR count). The van der Waals surface area contributed by atoms with Crippen molar-refractivity contribution in [2.75, 3.05) is 5.32 Å². The first-order valence-electron chi connectivity index (χ1n) is 10.2. The quantitative estimate of drug-likeness (QED) is 0.415. The van der Waals surface area contributed by atoms with Gasteiger partial charge in [0.1, 0.15) is 18.2 Å². The molecule has 31 heavy (non-hydrogen) atoms. The number of nitrogens with zero attached hydrogens (tertiary/aromatic N) is 4. The normalized spacial score (nSPS) is 13.6. The van der Waals surface area contributed by atoms with E-state index < -0.39 is 0 Å². The lowest BCUT2D eigenvalue weighted by Crippen LogP contribution is -2.22. The van der Waals surface area contributed by atoms with Gasteiger partial charge in [-0.25, -0.2) is 9.67 Å². The summed E-state index contributed by atoms with van der Waals surface area (Å²) >= 11 is 12.7. The number of para-hydroxylation sites is 2. The molecule has 1 saturated carbocycles. The number of halogens is 2. The van der Waals surface area contributed by atoms with Crippen LogP contribution < -0.4 is 5.32 Å². The van der Waals surface area contributed by atoms with Crippen molar-refractivity contribution in [1.29, 1.82) is 0 Å². The van der Waals surface area contributed by atoms with Crippen LogP contribution in [0.1, 0.15) is 18.4 Å². The average molecular weight is 454 g/mol. The number of benzene rings is 2. The summed E-state index contributed by atoms with van der Waals surface area (Å²) in [6, 6.07) is 13.1. The fourth-order valence-corrected chi connectivity index (χ4v) is 4.14. The van der Waals surface area contributed by atoms with Gasteiger partial charge in [-0.1, -0.05) is 41.4 Å². The molecule has 8 heteroatoms. The van der Waals surface area contributed by atoms with Gasteiger partial charge >= 0.3 is 0 Å². The molecule has 0 unspecified atom stereocenters. The Morgan fingerprint density at radius 1 is 1.16 bits per heavy atom. The van der Waals surface area contributed by atoms with Gasteiger partial charge in [-0.3, -0.25) is 4.79 Å². The minimum absolute atomic E-state index is 0.0900. The summed E-state index contributed by atoms with van der Waals surface area (Å²) in [5, 5.41) is 8.35. The SMILES string of the molecule is Cc1cnn(CC2CC2)c1NC(=O)Cn1c(-c2cccc(Cl)c2Cl)nc2ccccc21. The molecule has 0 radical (unpaired) electrons. The summed E-state index contributed by atoms with van der Waals surface area (Å²) in [4.78, 5) is 17.8. The minimum Gasteiger partial charge on any atom is -0.314 e. The molecule has 0 aliphatic heterocycles. The largest absolute Gasteiger partial charge is 0.314 e. The fourth-order valence-electron chi connectivity index (χ4n) is 3.76. The van der Waals surface area contributed by atoms with Crippen LogP contribution in [-0.2, 0) is 17.9 Å². The summed E-state index contributed by atoms with van der Waals surface area (Å²) in [5.74, 6) is 1.86. The Balaban J connectivity index is 1.50. The zero-order valence-electron chi connectivity index (χ0n) is 17.0. The second kappa shape index (κ2) is 8.02. The second-order valence-corrected chi connectivity index (χ2v) is 8.75. The molecular formula is C23H21Cl2N5O. The molecule has 6 nitrogen and oxygen atoms in total. The summed E-state index contributed by atoms with van der Waals surface area (Å²) in [7, 11) is 0. The number of aromatic nitrogens is 4. The molecule has 1 amide bonds. The first-order valence-corrected chi connectivity index (χ1v) is 11.0. The average Bonchev–Trinajstić information content (AvgIpc) is 3.43. The van der Waals surface area contributed by atoms with Crippen LogP contribution in [0.25, 0.3) is 22.4 Å². The van der Waals surface area contributed by atoms with Crippen molar-refractivity contribution in [3.05, 3.63) is 64.3 Å². The summed E-state index contributed by atoms with van der Waals surface area (Å²) in [6.07, 6.45) is 4.23. The molecule has 1 fully saturated rings. The number of aryl methyl sites for hydroxylation is 1. The minimum atomic E-state index is -0.150. The van der Waals surface area contributed by atoms with Crippen LogP contribution in [0.15, 0.2) is 48.7 Å². The monoisotopic (exact) mass is 453 g/mol. The third-order valence-electron chi connectivity index (χ3n) is 5.56. The molecule has 1 aliphatic rings. The molecule has 2 aromatic carbocycles. The van der Waals surface area contributed by atoms with Gasteiger partial charge in [-0.2, -0.15) is 5.10 Å². The number of nitrogens with one attached hydrogen (secondary N) is 1. The Morgan fingerprint density at radius 2 is 1.97 bits per heavy atom. The van der Waals surface area contributed by atoms with Crippen molar-refractivity contribution < 1.29 is 4.79 Å². The molecule has 1 aliphatic carbocycles. The van der Waals surface area contributed by atoms with Gasteiger partial charge in [-0.15, -0.1) is 0 Å². The molecule has 158 valence electrons. The Kier molecular flexibility index (Phi) is 5.20. The number of imidazole rings is 1. The van der Waals surface area contributed by atoms with Gasteiger partial charge in [0.15, 0.2) is 0 Å². The van der Waals surface area contributed by atoms with Crippen molar-refractivity contribution in [3.63, 3.8) is 0 Å². The van der Waals surface area contributed by atoms with E-state index >= 15 is 0 Å². The molecule has 4 aromatic rings. The standard InChI is InChI=1S/C23H21Cl2N5O/c1-14-11-26-30(12-15-9-10-15)22(14)28-20(31)13-29-19-8-3-2-7-18(19)27-23(29)16-5-4-6-17(24)21(16)25/h2-8,11,15H,9-10,12-13H2,1H3,(H,28,31). The highest BCUT2D eigenvalue weighted by Gasteiger charge is 2.24. The molecule has 2 aromatic heterocycles. The molecule has 0 saturated heterocycles. The van der Waals surface area contributed by atoms with Gasteiger partial charge in [0.05, 0.1) is 27.3 Å². The van der Waals surface area contributed by atoms with Crippen molar-refractivity contribution in [1.82, 2.24) is 19.3 Å². The van der Waals surface area contributed by atoms with E-state index in [-0.39, 0.29) is 12.5 Å². The van der Waals surface area contributed by atoms with Crippen molar-refractivity contribution in [2.45, 2.75) is 32.9 Å². The zero-order chi connectivity index (χ0) is 21.5. The van der Waals surface area contributed by atoms with E-state index in [2.05, 4.69) is 10.4 Å². The number of fused-ring (bicyclic) bond motifs is 1. The van der Waals surface area contributed by atoms with E-state index in [0.29, 0.717) is 27.4 Å². The van der Waals surface area contributed by atoms with E-state index in [1.807, 2.05) is 52.6 Å². The number of hydrogen-bond acceptors (Lipinski definition) is 3. The van der Waals surface area contributed by atoms with Crippen molar-refractivity contribution in [3.8, 4) is 11.4 Å². The molecule has 0 spiro atoms. The highest BCUT2D eigenvalue weighted by Crippen LogP contribution is 2.35. The van der Waals surface area contributed by atoms with Crippen LogP contribution in [0.5, 0.6) is 0 Å². The van der Waals surface area contributed by atoms with Crippen LogP contribution in [0, 0.1) is 12.8 Å². The van der Waals surface area contributed by atoms with Gasteiger partial charge < -0.3 is 9.88 Å². The number of anilines is 1. The van der Waals surface area contributed by atoms with Crippen molar-refractivity contribution in [2.24, 2.45) is 5.92 Å². The molecular weight excluding hydrogens is 433 g/mol. The third kappa shape index (κ3) is 3.93. The first-order chi connectivity index (χ1) is 15.0. The molecule has 1 N–H and O–H groups in total. The predicted molar refractivity (Wildman–Crippen MR) is 124 cm³/mol. The smallest absolute Gasteiger partial charge is 0.245 e. The molecule has 2 heterocycles. The van der Waals surface area contributed by atoms with Gasteiger partial charge in [-0.05, 0) is 49.9 Å². The summed E-state index contributed by atoms with van der Waals surface area (Å²) in [6.45, 7) is 2.88.